The van der Waals surface area contributed by atoms with Gasteiger partial charge in [-0.05, 0) is 24.6 Å². The molecule has 6 heteroatoms. The van der Waals surface area contributed by atoms with Crippen LogP contribution in [0.3, 0.4) is 0 Å². The fourth-order valence-electron chi connectivity index (χ4n) is 2.60. The van der Waals surface area contributed by atoms with Gasteiger partial charge in [0.15, 0.2) is 23.3 Å². The molecule has 1 aromatic carbocycles. The van der Waals surface area contributed by atoms with Crippen molar-refractivity contribution in [3.63, 3.8) is 0 Å². The zero-order valence-corrected chi connectivity index (χ0v) is 11.2. The first-order chi connectivity index (χ1) is 9.70. The molecule has 0 spiro atoms. The zero-order valence-electron chi connectivity index (χ0n) is 11.2. The summed E-state index contributed by atoms with van der Waals surface area (Å²) < 4.78 is 28.4. The molecule has 20 heavy (non-hydrogen) atoms. The molecule has 1 N–H and O–H groups in total. The third-order valence-corrected chi connectivity index (χ3v) is 3.57. The summed E-state index contributed by atoms with van der Waals surface area (Å²) in [5.74, 6) is -0.240. The van der Waals surface area contributed by atoms with Crippen LogP contribution in [0, 0.1) is 11.6 Å². The molecule has 1 unspecified atom stereocenters. The van der Waals surface area contributed by atoms with E-state index in [1.807, 2.05) is 4.57 Å². The Hall–Kier alpha value is -1.82. The van der Waals surface area contributed by atoms with Crippen molar-refractivity contribution in [2.75, 3.05) is 6.54 Å². The van der Waals surface area contributed by atoms with Crippen LogP contribution in [0.15, 0.2) is 18.2 Å². The van der Waals surface area contributed by atoms with Crippen LogP contribution in [0.1, 0.15) is 31.6 Å². The molecule has 0 saturated carbocycles. The topological polar surface area (TPSA) is 42.7 Å². The lowest BCUT2D eigenvalue weighted by Gasteiger charge is -2.24. The van der Waals surface area contributed by atoms with Crippen molar-refractivity contribution in [1.82, 2.24) is 20.1 Å². The minimum absolute atomic E-state index is 0.181. The molecule has 1 aliphatic heterocycles. The number of hydrogen-bond donors (Lipinski definition) is 1. The van der Waals surface area contributed by atoms with Gasteiger partial charge in [0, 0.05) is 18.7 Å². The van der Waals surface area contributed by atoms with Gasteiger partial charge in [-0.25, -0.2) is 8.78 Å². The molecule has 0 amide bonds. The fraction of sp³-hybridized carbons (Fsp3) is 0.429. The SMILES string of the molecule is CCCC1NCCn2c(-c3ccc(F)c(F)c3)nnc21. The molecule has 106 valence electrons. The maximum absolute atomic E-state index is 13.4. The lowest BCUT2D eigenvalue weighted by Crippen LogP contribution is -2.33. The van der Waals surface area contributed by atoms with Crippen LogP contribution in [0.2, 0.25) is 0 Å². The van der Waals surface area contributed by atoms with Crippen molar-refractivity contribution in [3.8, 4) is 11.4 Å². The van der Waals surface area contributed by atoms with Gasteiger partial charge in [-0.15, -0.1) is 10.2 Å². The van der Waals surface area contributed by atoms with Crippen molar-refractivity contribution in [2.45, 2.75) is 32.4 Å². The van der Waals surface area contributed by atoms with E-state index in [-0.39, 0.29) is 6.04 Å². The van der Waals surface area contributed by atoms with E-state index in [1.165, 1.54) is 12.1 Å². The second-order valence-corrected chi connectivity index (χ2v) is 4.96. The molecule has 1 aliphatic rings. The van der Waals surface area contributed by atoms with Crippen molar-refractivity contribution in [3.05, 3.63) is 35.7 Å². The second-order valence-electron chi connectivity index (χ2n) is 4.96. The number of halogens is 2. The second kappa shape index (κ2) is 5.28. The average Bonchev–Trinajstić information content (AvgIpc) is 2.87. The number of fused-ring (bicyclic) bond motifs is 1. The number of benzene rings is 1. The Kier molecular flexibility index (Phi) is 3.48. The van der Waals surface area contributed by atoms with Crippen LogP contribution < -0.4 is 5.32 Å². The predicted octanol–water partition coefficient (Wildman–Crippen LogP) is 2.67. The van der Waals surface area contributed by atoms with Crippen LogP contribution in [-0.4, -0.2) is 21.3 Å². The highest BCUT2D eigenvalue weighted by Crippen LogP contribution is 2.26. The van der Waals surface area contributed by atoms with Gasteiger partial charge in [-0.3, -0.25) is 0 Å². The first kappa shape index (κ1) is 13.2. The number of nitrogens with zero attached hydrogens (tertiary/aromatic N) is 3. The van der Waals surface area contributed by atoms with Gasteiger partial charge in [-0.2, -0.15) is 0 Å². The molecule has 0 saturated heterocycles. The monoisotopic (exact) mass is 278 g/mol. The van der Waals surface area contributed by atoms with Gasteiger partial charge in [0.2, 0.25) is 0 Å². The highest BCUT2D eigenvalue weighted by atomic mass is 19.2. The first-order valence-corrected chi connectivity index (χ1v) is 6.82. The smallest absolute Gasteiger partial charge is 0.164 e. The maximum atomic E-state index is 13.4. The van der Waals surface area contributed by atoms with Gasteiger partial charge in [0.25, 0.3) is 0 Å². The van der Waals surface area contributed by atoms with Gasteiger partial charge in [0.05, 0.1) is 6.04 Å². The fourth-order valence-corrected chi connectivity index (χ4v) is 2.60. The average molecular weight is 278 g/mol. The molecular weight excluding hydrogens is 262 g/mol. The van der Waals surface area contributed by atoms with E-state index in [0.717, 1.165) is 37.8 Å². The highest BCUT2D eigenvalue weighted by Gasteiger charge is 2.24. The molecule has 2 aromatic rings. The molecule has 3 rings (SSSR count). The maximum Gasteiger partial charge on any atom is 0.164 e. The summed E-state index contributed by atoms with van der Waals surface area (Å²) in [4.78, 5) is 0. The molecule has 1 atom stereocenters. The van der Waals surface area contributed by atoms with Crippen LogP contribution >= 0.6 is 0 Å². The Labute approximate surface area is 115 Å². The Morgan fingerprint density at radius 2 is 2.15 bits per heavy atom. The first-order valence-electron chi connectivity index (χ1n) is 6.82. The lowest BCUT2D eigenvalue weighted by molar-refractivity contribution is 0.394. The molecule has 1 aromatic heterocycles. The Balaban J connectivity index is 2.01. The third kappa shape index (κ3) is 2.20. The summed E-state index contributed by atoms with van der Waals surface area (Å²) in [5, 5.41) is 11.8. The summed E-state index contributed by atoms with van der Waals surface area (Å²) in [5.41, 5.74) is 0.555. The molecular formula is C14H16F2N4. The molecule has 0 bridgehead atoms. The highest BCUT2D eigenvalue weighted by molar-refractivity contribution is 5.55. The molecule has 2 heterocycles. The van der Waals surface area contributed by atoms with Crippen molar-refractivity contribution in [1.29, 1.82) is 0 Å². The van der Waals surface area contributed by atoms with Crippen molar-refractivity contribution < 1.29 is 8.78 Å². The van der Waals surface area contributed by atoms with Crippen LogP contribution in [0.4, 0.5) is 8.78 Å². The number of nitrogens with one attached hydrogen (secondary N) is 1. The minimum atomic E-state index is -0.862. The Morgan fingerprint density at radius 3 is 2.90 bits per heavy atom. The van der Waals surface area contributed by atoms with E-state index in [2.05, 4.69) is 22.4 Å². The zero-order chi connectivity index (χ0) is 14.1. The predicted molar refractivity (Wildman–Crippen MR) is 71.0 cm³/mol. The summed E-state index contributed by atoms with van der Waals surface area (Å²) in [7, 11) is 0. The number of rotatable bonds is 3. The van der Waals surface area contributed by atoms with E-state index >= 15 is 0 Å². The lowest BCUT2D eigenvalue weighted by atomic mass is 10.1. The van der Waals surface area contributed by atoms with Gasteiger partial charge in [0.1, 0.15) is 0 Å². The normalized spacial score (nSPS) is 18.1. The third-order valence-electron chi connectivity index (χ3n) is 3.57. The van der Waals surface area contributed by atoms with E-state index in [4.69, 9.17) is 0 Å². The Bertz CT molecular complexity index is 624. The largest absolute Gasteiger partial charge is 0.308 e. The summed E-state index contributed by atoms with van der Waals surface area (Å²) in [6.45, 7) is 3.68. The van der Waals surface area contributed by atoms with Crippen molar-refractivity contribution >= 4 is 0 Å². The number of hydrogen-bond acceptors (Lipinski definition) is 3. The van der Waals surface area contributed by atoms with Crippen LogP contribution in [-0.2, 0) is 6.54 Å². The molecule has 0 aliphatic carbocycles. The van der Waals surface area contributed by atoms with Gasteiger partial charge in [-0.1, -0.05) is 13.3 Å². The van der Waals surface area contributed by atoms with E-state index < -0.39 is 11.6 Å². The minimum Gasteiger partial charge on any atom is -0.308 e. The summed E-state index contributed by atoms with van der Waals surface area (Å²) in [6.07, 6.45) is 2.03. The molecule has 0 radical (unpaired) electrons. The number of aromatic nitrogens is 3. The van der Waals surface area contributed by atoms with E-state index in [1.54, 1.807) is 0 Å². The van der Waals surface area contributed by atoms with Crippen LogP contribution in [0.25, 0.3) is 11.4 Å². The van der Waals surface area contributed by atoms with Gasteiger partial charge >= 0.3 is 0 Å². The standard InChI is InChI=1S/C14H16F2N4/c1-2-3-12-14-19-18-13(20(14)7-6-17-12)9-4-5-10(15)11(16)8-9/h4-5,8,12,17H,2-3,6-7H2,1H3. The van der Waals surface area contributed by atoms with Crippen LogP contribution in [0.5, 0.6) is 0 Å². The quantitative estimate of drug-likeness (QED) is 0.938. The van der Waals surface area contributed by atoms with Crippen molar-refractivity contribution in [2.24, 2.45) is 0 Å². The molecule has 0 fully saturated rings. The van der Waals surface area contributed by atoms with E-state index in [9.17, 15) is 8.78 Å². The van der Waals surface area contributed by atoms with E-state index in [0.29, 0.717) is 11.4 Å². The van der Waals surface area contributed by atoms with Gasteiger partial charge < -0.3 is 9.88 Å². The summed E-state index contributed by atoms with van der Waals surface area (Å²) in [6, 6.07) is 4.01. The Morgan fingerprint density at radius 1 is 1.30 bits per heavy atom. The molecule has 4 nitrogen and oxygen atoms in total. The summed E-state index contributed by atoms with van der Waals surface area (Å²) >= 11 is 0.